The van der Waals surface area contributed by atoms with Crippen LogP contribution in [0.1, 0.15) is 37.7 Å². The van der Waals surface area contributed by atoms with Crippen molar-refractivity contribution in [2.75, 3.05) is 0 Å². The quantitative estimate of drug-likeness (QED) is 0.649. The van der Waals surface area contributed by atoms with E-state index in [1.165, 1.54) is 11.0 Å². The summed E-state index contributed by atoms with van der Waals surface area (Å²) in [4.78, 5) is 25.9. The zero-order chi connectivity index (χ0) is 15.7. The van der Waals surface area contributed by atoms with E-state index in [-0.39, 0.29) is 34.4 Å². The van der Waals surface area contributed by atoms with Crippen molar-refractivity contribution in [2.45, 2.75) is 38.1 Å². The summed E-state index contributed by atoms with van der Waals surface area (Å²) < 4.78 is 0. The molecule has 3 amide bonds. The van der Waals surface area contributed by atoms with Crippen LogP contribution >= 0.6 is 11.6 Å². The molecule has 1 aromatic rings. The van der Waals surface area contributed by atoms with E-state index in [1.807, 2.05) is 0 Å². The van der Waals surface area contributed by atoms with Crippen molar-refractivity contribution in [1.82, 2.24) is 10.2 Å². The fourth-order valence-corrected chi connectivity index (χ4v) is 3.19. The molecular weight excluding hydrogens is 304 g/mol. The van der Waals surface area contributed by atoms with Gasteiger partial charge in [-0.1, -0.05) is 36.9 Å². The molecule has 0 radical (unpaired) electrons. The van der Waals surface area contributed by atoms with Gasteiger partial charge in [-0.25, -0.2) is 4.79 Å². The van der Waals surface area contributed by atoms with Gasteiger partial charge >= 0.3 is 6.03 Å². The van der Waals surface area contributed by atoms with Gasteiger partial charge in [-0.05, 0) is 36.6 Å². The summed E-state index contributed by atoms with van der Waals surface area (Å²) in [5.41, 5.74) is 0.897. The van der Waals surface area contributed by atoms with E-state index in [9.17, 15) is 14.7 Å². The molecule has 0 spiro atoms. The average Bonchev–Trinajstić information content (AvgIpc) is 2.78. The molecule has 1 aliphatic carbocycles. The maximum absolute atomic E-state index is 12.5. The number of phenols is 1. The van der Waals surface area contributed by atoms with E-state index >= 15 is 0 Å². The predicted octanol–water partition coefficient (Wildman–Crippen LogP) is 3.27. The van der Waals surface area contributed by atoms with Gasteiger partial charge < -0.3 is 10.4 Å². The Bertz CT molecular complexity index is 651. The van der Waals surface area contributed by atoms with E-state index in [0.717, 1.165) is 32.1 Å². The lowest BCUT2D eigenvalue weighted by Gasteiger charge is -2.28. The Morgan fingerprint density at radius 3 is 2.64 bits per heavy atom. The maximum atomic E-state index is 12.5. The number of nitrogens with zero attached hydrogens (tertiary/aromatic N) is 1. The van der Waals surface area contributed by atoms with E-state index in [4.69, 9.17) is 11.6 Å². The number of amides is 3. The Morgan fingerprint density at radius 2 is 1.95 bits per heavy atom. The Kier molecular flexibility index (Phi) is 4.07. The molecule has 22 heavy (non-hydrogen) atoms. The Balaban J connectivity index is 1.83. The fourth-order valence-electron chi connectivity index (χ4n) is 3.00. The standard InChI is InChI=1S/C16H17ClN2O3/c17-12-8-10(6-7-14(12)20)9-13-15(21)19(16(22)18-13)11-4-2-1-3-5-11/h6-9,11,20H,1-5H2,(H,18,22)/b13-9-. The minimum atomic E-state index is -0.354. The van der Waals surface area contributed by atoms with Crippen LogP contribution in [-0.2, 0) is 4.79 Å². The van der Waals surface area contributed by atoms with Gasteiger partial charge in [0.1, 0.15) is 11.4 Å². The Morgan fingerprint density at radius 1 is 1.23 bits per heavy atom. The van der Waals surface area contributed by atoms with Crippen molar-refractivity contribution >= 4 is 29.6 Å². The second kappa shape index (κ2) is 6.01. The maximum Gasteiger partial charge on any atom is 0.329 e. The number of urea groups is 1. The van der Waals surface area contributed by atoms with Crippen LogP contribution < -0.4 is 5.32 Å². The molecular formula is C16H17ClN2O3. The number of phenolic OH excluding ortho intramolecular Hbond substituents is 1. The lowest BCUT2D eigenvalue weighted by atomic mass is 9.94. The molecule has 2 N–H and O–H groups in total. The highest BCUT2D eigenvalue weighted by Crippen LogP contribution is 2.28. The molecule has 1 aliphatic heterocycles. The van der Waals surface area contributed by atoms with Gasteiger partial charge in [-0.15, -0.1) is 0 Å². The fraction of sp³-hybridized carbons (Fsp3) is 0.375. The van der Waals surface area contributed by atoms with Crippen LogP contribution in [0, 0.1) is 0 Å². The Labute approximate surface area is 133 Å². The largest absolute Gasteiger partial charge is 0.506 e. The van der Waals surface area contributed by atoms with Gasteiger partial charge in [0.2, 0.25) is 0 Å². The summed E-state index contributed by atoms with van der Waals surface area (Å²) in [5, 5.41) is 12.2. The van der Waals surface area contributed by atoms with Crippen LogP contribution in [0.3, 0.4) is 0 Å². The number of aromatic hydroxyl groups is 1. The molecule has 1 aromatic carbocycles. The average molecular weight is 321 g/mol. The van der Waals surface area contributed by atoms with Crippen LogP contribution in [0.15, 0.2) is 23.9 Å². The zero-order valence-electron chi connectivity index (χ0n) is 12.0. The second-order valence-electron chi connectivity index (χ2n) is 5.67. The lowest BCUT2D eigenvalue weighted by molar-refractivity contribution is -0.124. The number of hydrogen-bond acceptors (Lipinski definition) is 3. The molecule has 2 fully saturated rings. The number of imide groups is 1. The smallest absolute Gasteiger partial charge is 0.329 e. The topological polar surface area (TPSA) is 69.6 Å². The Hall–Kier alpha value is -2.01. The number of benzene rings is 1. The molecule has 0 aromatic heterocycles. The highest BCUT2D eigenvalue weighted by Gasteiger charge is 2.38. The van der Waals surface area contributed by atoms with E-state index in [2.05, 4.69) is 5.32 Å². The van der Waals surface area contributed by atoms with E-state index < -0.39 is 0 Å². The first-order valence-electron chi connectivity index (χ1n) is 7.41. The first-order chi connectivity index (χ1) is 10.6. The third kappa shape index (κ3) is 2.81. The van der Waals surface area contributed by atoms with Crippen molar-refractivity contribution < 1.29 is 14.7 Å². The van der Waals surface area contributed by atoms with Gasteiger partial charge in [-0.2, -0.15) is 0 Å². The summed E-state index contributed by atoms with van der Waals surface area (Å²) in [6, 6.07) is 4.28. The van der Waals surface area contributed by atoms with Crippen molar-refractivity contribution in [3.05, 3.63) is 34.5 Å². The molecule has 1 saturated carbocycles. The number of nitrogens with one attached hydrogen (secondary N) is 1. The summed E-state index contributed by atoms with van der Waals surface area (Å²) >= 11 is 5.85. The molecule has 3 rings (SSSR count). The van der Waals surface area contributed by atoms with Crippen LogP contribution in [0.5, 0.6) is 5.75 Å². The number of rotatable bonds is 2. The molecule has 0 bridgehead atoms. The van der Waals surface area contributed by atoms with Crippen molar-refractivity contribution in [3.63, 3.8) is 0 Å². The molecule has 6 heteroatoms. The van der Waals surface area contributed by atoms with Crippen LogP contribution in [0.25, 0.3) is 6.08 Å². The lowest BCUT2D eigenvalue weighted by Crippen LogP contribution is -2.41. The third-order valence-electron chi connectivity index (χ3n) is 4.13. The highest BCUT2D eigenvalue weighted by molar-refractivity contribution is 6.32. The van der Waals surface area contributed by atoms with Crippen molar-refractivity contribution in [3.8, 4) is 5.75 Å². The normalized spacial score (nSPS) is 21.5. The van der Waals surface area contributed by atoms with Gasteiger partial charge in [-0.3, -0.25) is 9.69 Å². The molecule has 0 unspecified atom stereocenters. The van der Waals surface area contributed by atoms with Crippen molar-refractivity contribution in [2.24, 2.45) is 0 Å². The summed E-state index contributed by atoms with van der Waals surface area (Å²) in [7, 11) is 0. The summed E-state index contributed by atoms with van der Waals surface area (Å²) in [6.45, 7) is 0. The number of hydrogen-bond donors (Lipinski definition) is 2. The number of halogens is 1. The highest BCUT2D eigenvalue weighted by atomic mass is 35.5. The second-order valence-corrected chi connectivity index (χ2v) is 6.07. The molecule has 116 valence electrons. The van der Waals surface area contributed by atoms with Gasteiger partial charge in [0.25, 0.3) is 5.91 Å². The molecule has 5 nitrogen and oxygen atoms in total. The third-order valence-corrected chi connectivity index (χ3v) is 4.43. The van der Waals surface area contributed by atoms with Crippen molar-refractivity contribution in [1.29, 1.82) is 0 Å². The molecule has 1 saturated heterocycles. The monoisotopic (exact) mass is 320 g/mol. The minimum Gasteiger partial charge on any atom is -0.506 e. The van der Waals surface area contributed by atoms with Gasteiger partial charge in [0.05, 0.1) is 5.02 Å². The van der Waals surface area contributed by atoms with Crippen LogP contribution in [0.2, 0.25) is 5.02 Å². The number of carbonyl (C=O) groups is 2. The van der Waals surface area contributed by atoms with Crippen LogP contribution in [-0.4, -0.2) is 28.0 Å². The van der Waals surface area contributed by atoms with E-state index in [1.54, 1.807) is 18.2 Å². The number of carbonyl (C=O) groups excluding carboxylic acids is 2. The zero-order valence-corrected chi connectivity index (χ0v) is 12.8. The van der Waals surface area contributed by atoms with Gasteiger partial charge in [0, 0.05) is 6.04 Å². The first kappa shape index (κ1) is 14.9. The SMILES string of the molecule is O=C1N/C(=C\c2ccc(O)c(Cl)c2)C(=O)N1C1CCCCC1. The van der Waals surface area contributed by atoms with E-state index in [0.29, 0.717) is 5.56 Å². The molecule has 1 heterocycles. The summed E-state index contributed by atoms with van der Waals surface area (Å²) in [6.07, 6.45) is 6.58. The minimum absolute atomic E-state index is 0.00412. The molecule has 0 atom stereocenters. The van der Waals surface area contributed by atoms with Crippen LogP contribution in [0.4, 0.5) is 4.79 Å². The first-order valence-corrected chi connectivity index (χ1v) is 7.79. The predicted molar refractivity (Wildman–Crippen MR) is 83.3 cm³/mol. The summed E-state index contributed by atoms with van der Waals surface area (Å²) in [5.74, 6) is -0.310. The molecule has 2 aliphatic rings. The van der Waals surface area contributed by atoms with Gasteiger partial charge in [0.15, 0.2) is 0 Å².